The zero-order valence-corrected chi connectivity index (χ0v) is 14.5. The standard InChI is InChI=1S/C16H30N4O2/c1-6-17-15(18-9-8-10-21-7-2)20-12-14-19-11-13(22-14)16(3,4)5/h11H,6-10,12H2,1-5H3,(H2,17,18,20). The molecule has 1 aromatic heterocycles. The zero-order valence-electron chi connectivity index (χ0n) is 14.5. The summed E-state index contributed by atoms with van der Waals surface area (Å²) in [6, 6.07) is 0. The molecule has 0 bridgehead atoms. The molecule has 2 N–H and O–H groups in total. The number of rotatable bonds is 8. The molecule has 22 heavy (non-hydrogen) atoms. The van der Waals surface area contributed by atoms with E-state index in [9.17, 15) is 0 Å². The van der Waals surface area contributed by atoms with Gasteiger partial charge in [-0.2, -0.15) is 0 Å². The van der Waals surface area contributed by atoms with E-state index in [2.05, 4.69) is 41.4 Å². The van der Waals surface area contributed by atoms with E-state index in [0.717, 1.165) is 44.4 Å². The predicted octanol–water partition coefficient (Wildman–Crippen LogP) is 2.45. The number of guanidine groups is 1. The van der Waals surface area contributed by atoms with E-state index < -0.39 is 0 Å². The Kier molecular flexibility index (Phi) is 7.95. The van der Waals surface area contributed by atoms with Gasteiger partial charge in [0.1, 0.15) is 12.3 Å². The topological polar surface area (TPSA) is 71.7 Å². The van der Waals surface area contributed by atoms with Crippen molar-refractivity contribution >= 4 is 5.96 Å². The summed E-state index contributed by atoms with van der Waals surface area (Å²) in [5.74, 6) is 2.29. The second kappa shape index (κ2) is 9.46. The first-order valence-corrected chi connectivity index (χ1v) is 8.02. The van der Waals surface area contributed by atoms with Gasteiger partial charge in [0, 0.05) is 31.7 Å². The van der Waals surface area contributed by atoms with Crippen molar-refractivity contribution in [1.82, 2.24) is 15.6 Å². The lowest BCUT2D eigenvalue weighted by Crippen LogP contribution is -2.38. The molecular formula is C16H30N4O2. The summed E-state index contributed by atoms with van der Waals surface area (Å²) in [4.78, 5) is 8.78. The van der Waals surface area contributed by atoms with Gasteiger partial charge in [0.2, 0.25) is 5.89 Å². The fourth-order valence-electron chi connectivity index (χ4n) is 1.74. The maximum atomic E-state index is 5.74. The predicted molar refractivity (Wildman–Crippen MR) is 89.1 cm³/mol. The first-order valence-electron chi connectivity index (χ1n) is 8.02. The molecule has 0 atom stereocenters. The van der Waals surface area contributed by atoms with Gasteiger partial charge in [-0.1, -0.05) is 20.8 Å². The fourth-order valence-corrected chi connectivity index (χ4v) is 1.74. The van der Waals surface area contributed by atoms with Crippen molar-refractivity contribution in [2.75, 3.05) is 26.3 Å². The Balaban J connectivity index is 2.49. The van der Waals surface area contributed by atoms with E-state index in [4.69, 9.17) is 9.15 Å². The van der Waals surface area contributed by atoms with E-state index in [1.54, 1.807) is 6.20 Å². The van der Waals surface area contributed by atoms with Gasteiger partial charge in [0.05, 0.1) is 6.20 Å². The number of aliphatic imine (C=N–C) groups is 1. The lowest BCUT2D eigenvalue weighted by atomic mass is 9.94. The molecule has 0 saturated carbocycles. The van der Waals surface area contributed by atoms with E-state index >= 15 is 0 Å². The molecule has 1 rings (SSSR count). The van der Waals surface area contributed by atoms with Crippen molar-refractivity contribution in [2.45, 2.75) is 53.0 Å². The highest BCUT2D eigenvalue weighted by molar-refractivity contribution is 5.79. The molecule has 0 saturated heterocycles. The molecule has 0 fully saturated rings. The summed E-state index contributed by atoms with van der Waals surface area (Å²) in [7, 11) is 0. The molecule has 0 aromatic carbocycles. The van der Waals surface area contributed by atoms with Gasteiger partial charge in [0.15, 0.2) is 5.96 Å². The van der Waals surface area contributed by atoms with Crippen LogP contribution in [0, 0.1) is 0 Å². The largest absolute Gasteiger partial charge is 0.443 e. The molecule has 0 aliphatic carbocycles. The Labute approximate surface area is 133 Å². The highest BCUT2D eigenvalue weighted by atomic mass is 16.5. The van der Waals surface area contributed by atoms with Gasteiger partial charge in [0.25, 0.3) is 0 Å². The van der Waals surface area contributed by atoms with Crippen LogP contribution in [0.2, 0.25) is 0 Å². The van der Waals surface area contributed by atoms with Crippen LogP contribution in [0.25, 0.3) is 0 Å². The Morgan fingerprint density at radius 3 is 2.68 bits per heavy atom. The number of nitrogens with one attached hydrogen (secondary N) is 2. The van der Waals surface area contributed by atoms with Crippen LogP contribution in [0.1, 0.15) is 52.7 Å². The van der Waals surface area contributed by atoms with Crippen LogP contribution in [0.5, 0.6) is 0 Å². The van der Waals surface area contributed by atoms with E-state index in [1.165, 1.54) is 0 Å². The Bertz CT molecular complexity index is 449. The lowest BCUT2D eigenvalue weighted by Gasteiger charge is -2.13. The number of oxazole rings is 1. The SMILES string of the molecule is CCNC(=NCc1ncc(C(C)(C)C)o1)NCCCOCC. The van der Waals surface area contributed by atoms with Crippen molar-refractivity contribution in [1.29, 1.82) is 0 Å². The number of aromatic nitrogens is 1. The van der Waals surface area contributed by atoms with Gasteiger partial charge in [-0.15, -0.1) is 0 Å². The minimum Gasteiger partial charge on any atom is -0.443 e. The van der Waals surface area contributed by atoms with Gasteiger partial charge in [-0.05, 0) is 20.3 Å². The maximum Gasteiger partial charge on any atom is 0.216 e. The number of hydrogen-bond acceptors (Lipinski definition) is 4. The van der Waals surface area contributed by atoms with Crippen molar-refractivity contribution in [3.05, 3.63) is 17.8 Å². The maximum absolute atomic E-state index is 5.74. The van der Waals surface area contributed by atoms with E-state index in [-0.39, 0.29) is 5.41 Å². The number of nitrogens with zero attached hydrogens (tertiary/aromatic N) is 2. The summed E-state index contributed by atoms with van der Waals surface area (Å²) in [5, 5.41) is 6.49. The average Bonchev–Trinajstić information content (AvgIpc) is 2.93. The van der Waals surface area contributed by atoms with Crippen LogP contribution in [-0.4, -0.2) is 37.2 Å². The van der Waals surface area contributed by atoms with E-state index in [0.29, 0.717) is 12.4 Å². The Morgan fingerprint density at radius 1 is 1.32 bits per heavy atom. The minimum atomic E-state index is -0.0308. The van der Waals surface area contributed by atoms with Gasteiger partial charge >= 0.3 is 0 Å². The van der Waals surface area contributed by atoms with Crippen molar-refractivity contribution in [3.63, 3.8) is 0 Å². The molecule has 6 heteroatoms. The molecule has 0 unspecified atom stereocenters. The number of ether oxygens (including phenoxy) is 1. The number of hydrogen-bond donors (Lipinski definition) is 2. The third kappa shape index (κ3) is 6.93. The first-order chi connectivity index (χ1) is 10.5. The van der Waals surface area contributed by atoms with Crippen LogP contribution in [-0.2, 0) is 16.7 Å². The molecule has 6 nitrogen and oxygen atoms in total. The monoisotopic (exact) mass is 310 g/mol. The van der Waals surface area contributed by atoms with Crippen LogP contribution in [0.3, 0.4) is 0 Å². The van der Waals surface area contributed by atoms with Crippen LogP contribution in [0.15, 0.2) is 15.6 Å². The highest BCUT2D eigenvalue weighted by Gasteiger charge is 2.18. The molecule has 0 aliphatic heterocycles. The molecule has 1 aromatic rings. The van der Waals surface area contributed by atoms with Crippen molar-refractivity contribution in [2.24, 2.45) is 4.99 Å². The summed E-state index contributed by atoms with van der Waals surface area (Å²) < 4.78 is 11.1. The van der Waals surface area contributed by atoms with E-state index in [1.807, 2.05) is 13.8 Å². The molecule has 0 spiro atoms. The quantitative estimate of drug-likeness (QED) is 0.438. The Morgan fingerprint density at radius 2 is 2.09 bits per heavy atom. The zero-order chi connectivity index (χ0) is 16.4. The minimum absolute atomic E-state index is 0.0308. The molecule has 0 aliphatic rings. The van der Waals surface area contributed by atoms with Gasteiger partial charge in [-0.3, -0.25) is 0 Å². The van der Waals surface area contributed by atoms with Gasteiger partial charge < -0.3 is 19.8 Å². The second-order valence-corrected chi connectivity index (χ2v) is 6.04. The highest BCUT2D eigenvalue weighted by Crippen LogP contribution is 2.22. The summed E-state index contributed by atoms with van der Waals surface area (Å²) in [6.45, 7) is 13.9. The lowest BCUT2D eigenvalue weighted by molar-refractivity contribution is 0.145. The normalized spacial score (nSPS) is 12.5. The molecule has 126 valence electrons. The molecule has 0 radical (unpaired) electrons. The summed E-state index contributed by atoms with van der Waals surface area (Å²) >= 11 is 0. The Hall–Kier alpha value is -1.56. The third-order valence-corrected chi connectivity index (χ3v) is 2.97. The molecule has 1 heterocycles. The van der Waals surface area contributed by atoms with Crippen LogP contribution in [0.4, 0.5) is 0 Å². The smallest absolute Gasteiger partial charge is 0.216 e. The average molecular weight is 310 g/mol. The summed E-state index contributed by atoms with van der Waals surface area (Å²) in [6.07, 6.45) is 2.73. The second-order valence-electron chi connectivity index (χ2n) is 6.04. The summed E-state index contributed by atoms with van der Waals surface area (Å²) in [5.41, 5.74) is -0.0308. The van der Waals surface area contributed by atoms with Crippen molar-refractivity contribution < 1.29 is 9.15 Å². The molecular weight excluding hydrogens is 280 g/mol. The van der Waals surface area contributed by atoms with Crippen LogP contribution < -0.4 is 10.6 Å². The molecule has 0 amide bonds. The van der Waals surface area contributed by atoms with Crippen LogP contribution >= 0.6 is 0 Å². The van der Waals surface area contributed by atoms with Gasteiger partial charge in [-0.25, -0.2) is 9.98 Å². The fraction of sp³-hybridized carbons (Fsp3) is 0.750. The first kappa shape index (κ1) is 18.5. The van der Waals surface area contributed by atoms with Crippen molar-refractivity contribution in [3.8, 4) is 0 Å². The third-order valence-electron chi connectivity index (χ3n) is 2.97.